The molecule has 1 aromatic carbocycles. The number of fused-ring (bicyclic) bond motifs is 1. The fourth-order valence-electron chi connectivity index (χ4n) is 3.23. The molecule has 1 aliphatic heterocycles. The van der Waals surface area contributed by atoms with E-state index in [1.165, 1.54) is 12.1 Å². The van der Waals surface area contributed by atoms with Crippen LogP contribution in [0.3, 0.4) is 0 Å². The SMILES string of the molecule is NCC(CC1CC1)(CC1Cc2cc(F)ccc2O1)C(=O)O. The van der Waals surface area contributed by atoms with Crippen molar-refractivity contribution in [1.82, 2.24) is 0 Å². The number of benzene rings is 1. The van der Waals surface area contributed by atoms with Crippen LogP contribution in [0, 0.1) is 17.2 Å². The Morgan fingerprint density at radius 2 is 2.19 bits per heavy atom. The van der Waals surface area contributed by atoms with Gasteiger partial charge < -0.3 is 15.6 Å². The minimum absolute atomic E-state index is 0.114. The summed E-state index contributed by atoms with van der Waals surface area (Å²) in [5, 5.41) is 9.63. The summed E-state index contributed by atoms with van der Waals surface area (Å²) < 4.78 is 19.0. The van der Waals surface area contributed by atoms with Crippen LogP contribution < -0.4 is 10.5 Å². The first-order valence-corrected chi connectivity index (χ1v) is 7.41. The summed E-state index contributed by atoms with van der Waals surface area (Å²) in [6.07, 6.45) is 3.49. The number of carboxylic acid groups (broad SMARTS) is 1. The average Bonchev–Trinajstić information content (AvgIpc) is 3.16. The third-order valence-corrected chi connectivity index (χ3v) is 4.60. The largest absolute Gasteiger partial charge is 0.490 e. The Hall–Kier alpha value is -1.62. The van der Waals surface area contributed by atoms with Crippen LogP contribution in [0.5, 0.6) is 5.75 Å². The van der Waals surface area contributed by atoms with Gasteiger partial charge in [0.05, 0.1) is 5.41 Å². The van der Waals surface area contributed by atoms with E-state index in [9.17, 15) is 14.3 Å². The van der Waals surface area contributed by atoms with Crippen LogP contribution in [-0.2, 0) is 11.2 Å². The summed E-state index contributed by atoms with van der Waals surface area (Å²) in [6.45, 7) is 0.114. The Labute approximate surface area is 123 Å². The smallest absolute Gasteiger partial charge is 0.311 e. The number of ether oxygens (including phenoxy) is 1. The number of carbonyl (C=O) groups is 1. The maximum atomic E-state index is 13.2. The predicted molar refractivity (Wildman–Crippen MR) is 75.6 cm³/mol. The van der Waals surface area contributed by atoms with Gasteiger partial charge in [0.25, 0.3) is 0 Å². The van der Waals surface area contributed by atoms with Gasteiger partial charge in [-0.25, -0.2) is 4.39 Å². The van der Waals surface area contributed by atoms with Gasteiger partial charge in [0.1, 0.15) is 17.7 Å². The molecule has 21 heavy (non-hydrogen) atoms. The second kappa shape index (κ2) is 5.30. The Bertz CT molecular complexity index is 558. The minimum atomic E-state index is -0.924. The molecular weight excluding hydrogens is 273 g/mol. The van der Waals surface area contributed by atoms with E-state index >= 15 is 0 Å². The second-order valence-electron chi connectivity index (χ2n) is 6.34. The van der Waals surface area contributed by atoms with E-state index in [1.807, 2.05) is 0 Å². The van der Waals surface area contributed by atoms with Crippen molar-refractivity contribution >= 4 is 5.97 Å². The van der Waals surface area contributed by atoms with Gasteiger partial charge in [0.15, 0.2) is 0 Å². The van der Waals surface area contributed by atoms with E-state index in [0.717, 1.165) is 18.4 Å². The van der Waals surface area contributed by atoms with Gasteiger partial charge >= 0.3 is 5.97 Å². The molecule has 0 spiro atoms. The van der Waals surface area contributed by atoms with Crippen LogP contribution >= 0.6 is 0 Å². The van der Waals surface area contributed by atoms with E-state index in [1.54, 1.807) is 6.07 Å². The number of hydrogen-bond acceptors (Lipinski definition) is 3. The summed E-state index contributed by atoms with van der Waals surface area (Å²) in [4.78, 5) is 11.7. The lowest BCUT2D eigenvalue weighted by atomic mass is 9.77. The van der Waals surface area contributed by atoms with E-state index < -0.39 is 11.4 Å². The van der Waals surface area contributed by atoms with Crippen LogP contribution in [0.15, 0.2) is 18.2 Å². The molecule has 0 amide bonds. The van der Waals surface area contributed by atoms with E-state index in [0.29, 0.717) is 30.9 Å². The Morgan fingerprint density at radius 1 is 1.43 bits per heavy atom. The number of nitrogens with two attached hydrogens (primary N) is 1. The van der Waals surface area contributed by atoms with Crippen molar-refractivity contribution in [3.8, 4) is 5.75 Å². The highest BCUT2D eigenvalue weighted by Crippen LogP contribution is 2.44. The summed E-state index contributed by atoms with van der Waals surface area (Å²) in [6, 6.07) is 4.43. The van der Waals surface area contributed by atoms with Crippen LogP contribution in [0.1, 0.15) is 31.2 Å². The van der Waals surface area contributed by atoms with Crippen molar-refractivity contribution < 1.29 is 19.0 Å². The number of aliphatic carboxylic acids is 1. The first-order valence-electron chi connectivity index (χ1n) is 7.41. The second-order valence-corrected chi connectivity index (χ2v) is 6.34. The van der Waals surface area contributed by atoms with E-state index in [2.05, 4.69) is 0 Å². The van der Waals surface area contributed by atoms with Crippen molar-refractivity contribution in [2.45, 2.75) is 38.2 Å². The monoisotopic (exact) mass is 293 g/mol. The van der Waals surface area contributed by atoms with Gasteiger partial charge in [0, 0.05) is 24.9 Å². The van der Waals surface area contributed by atoms with Gasteiger partial charge in [-0.05, 0) is 30.5 Å². The lowest BCUT2D eigenvalue weighted by Crippen LogP contribution is -2.42. The zero-order valence-corrected chi connectivity index (χ0v) is 11.8. The number of rotatable bonds is 6. The van der Waals surface area contributed by atoms with Gasteiger partial charge in [-0.2, -0.15) is 0 Å². The Kier molecular flexibility index (Phi) is 3.61. The standard InChI is InChI=1S/C16H20FNO3/c17-12-3-4-14-11(5-12)6-13(21-14)8-16(9-18,15(19)20)7-10-1-2-10/h3-5,10,13H,1-2,6-9,18H2,(H,19,20). The molecule has 0 bridgehead atoms. The zero-order chi connectivity index (χ0) is 15.0. The van der Waals surface area contributed by atoms with Crippen molar-refractivity contribution in [1.29, 1.82) is 0 Å². The number of halogens is 1. The van der Waals surface area contributed by atoms with Crippen molar-refractivity contribution in [3.05, 3.63) is 29.6 Å². The first-order chi connectivity index (χ1) is 10.0. The fraction of sp³-hybridized carbons (Fsp3) is 0.562. The van der Waals surface area contributed by atoms with Crippen LogP contribution in [0.4, 0.5) is 4.39 Å². The molecule has 2 unspecified atom stereocenters. The molecule has 1 aromatic rings. The van der Waals surface area contributed by atoms with Gasteiger partial charge in [0.2, 0.25) is 0 Å². The quantitative estimate of drug-likeness (QED) is 0.844. The molecule has 5 heteroatoms. The lowest BCUT2D eigenvalue weighted by Gasteiger charge is -2.30. The summed E-state index contributed by atoms with van der Waals surface area (Å²) in [7, 11) is 0. The number of hydrogen-bond donors (Lipinski definition) is 2. The van der Waals surface area contributed by atoms with Crippen LogP contribution in [0.2, 0.25) is 0 Å². The molecule has 3 N–H and O–H groups in total. The van der Waals surface area contributed by atoms with Crippen molar-refractivity contribution in [2.75, 3.05) is 6.54 Å². The molecule has 2 aliphatic rings. The molecule has 1 heterocycles. The molecule has 114 valence electrons. The molecule has 0 radical (unpaired) electrons. The highest BCUT2D eigenvalue weighted by atomic mass is 19.1. The molecular formula is C16H20FNO3. The van der Waals surface area contributed by atoms with Crippen molar-refractivity contribution in [2.24, 2.45) is 17.1 Å². The summed E-state index contributed by atoms with van der Waals surface area (Å²) in [5.74, 6) is -0.00283. The normalized spacial score (nSPS) is 23.2. The van der Waals surface area contributed by atoms with Crippen LogP contribution in [-0.4, -0.2) is 23.7 Å². The third kappa shape index (κ3) is 2.88. The van der Waals surface area contributed by atoms with Gasteiger partial charge in [-0.15, -0.1) is 0 Å². The summed E-state index contributed by atoms with van der Waals surface area (Å²) in [5.41, 5.74) is 5.68. The minimum Gasteiger partial charge on any atom is -0.490 e. The van der Waals surface area contributed by atoms with Gasteiger partial charge in [-0.1, -0.05) is 12.8 Å². The summed E-state index contributed by atoms with van der Waals surface area (Å²) >= 11 is 0. The Morgan fingerprint density at radius 3 is 2.81 bits per heavy atom. The average molecular weight is 293 g/mol. The zero-order valence-electron chi connectivity index (χ0n) is 11.8. The number of carboxylic acids is 1. The highest BCUT2D eigenvalue weighted by molar-refractivity contribution is 5.75. The molecule has 4 nitrogen and oxygen atoms in total. The molecule has 3 rings (SSSR count). The van der Waals surface area contributed by atoms with Gasteiger partial charge in [-0.3, -0.25) is 4.79 Å². The maximum absolute atomic E-state index is 13.2. The molecule has 2 atom stereocenters. The molecule has 1 aliphatic carbocycles. The fourth-order valence-corrected chi connectivity index (χ4v) is 3.23. The molecule has 0 saturated heterocycles. The van der Waals surface area contributed by atoms with E-state index in [4.69, 9.17) is 10.5 Å². The topological polar surface area (TPSA) is 72.5 Å². The molecule has 0 aromatic heterocycles. The van der Waals surface area contributed by atoms with Crippen molar-refractivity contribution in [3.63, 3.8) is 0 Å². The molecule has 1 saturated carbocycles. The first kappa shape index (κ1) is 14.3. The highest BCUT2D eigenvalue weighted by Gasteiger charge is 2.45. The van der Waals surface area contributed by atoms with Crippen LogP contribution in [0.25, 0.3) is 0 Å². The predicted octanol–water partition coefficient (Wildman–Crippen LogP) is 2.35. The molecule has 1 fully saturated rings. The lowest BCUT2D eigenvalue weighted by molar-refractivity contribution is -0.150. The third-order valence-electron chi connectivity index (χ3n) is 4.60. The maximum Gasteiger partial charge on any atom is 0.311 e. The Balaban J connectivity index is 1.74. The van der Waals surface area contributed by atoms with E-state index in [-0.39, 0.29) is 18.5 Å².